The second-order valence-electron chi connectivity index (χ2n) is 4.74. The number of nitrogens with one attached hydrogen (secondary N) is 1. The van der Waals surface area contributed by atoms with E-state index < -0.39 is 0 Å². The fraction of sp³-hybridized carbons (Fsp3) is 1.00. The number of likely N-dealkylation sites (N-methyl/N-ethyl adjacent to an activating group) is 1. The van der Waals surface area contributed by atoms with Crippen molar-refractivity contribution in [1.29, 1.82) is 0 Å². The van der Waals surface area contributed by atoms with Crippen molar-refractivity contribution in [3.05, 3.63) is 0 Å². The topological polar surface area (TPSA) is 24.5 Å². The number of hydrogen-bond acceptors (Lipinski definition) is 3. The fourth-order valence-corrected chi connectivity index (χ4v) is 1.54. The van der Waals surface area contributed by atoms with Gasteiger partial charge in [0.25, 0.3) is 0 Å². The first-order chi connectivity index (χ1) is 7.70. The van der Waals surface area contributed by atoms with Crippen LogP contribution in [0.15, 0.2) is 0 Å². The normalized spacial score (nSPS) is 11.6. The Morgan fingerprint density at radius 1 is 1.12 bits per heavy atom. The minimum absolute atomic E-state index is 0.746. The Morgan fingerprint density at radius 3 is 2.44 bits per heavy atom. The van der Waals surface area contributed by atoms with E-state index in [0.717, 1.165) is 38.8 Å². The van der Waals surface area contributed by atoms with E-state index in [1.807, 2.05) is 7.05 Å². The summed E-state index contributed by atoms with van der Waals surface area (Å²) in [6.45, 7) is 12.9. The molecule has 0 aliphatic rings. The molecule has 16 heavy (non-hydrogen) atoms. The Balaban J connectivity index is 3.43. The highest BCUT2D eigenvalue weighted by molar-refractivity contribution is 4.57. The molecule has 0 aromatic heterocycles. The van der Waals surface area contributed by atoms with Crippen LogP contribution in [0, 0.1) is 5.92 Å². The maximum atomic E-state index is 5.64. The van der Waals surface area contributed by atoms with Crippen molar-refractivity contribution >= 4 is 0 Å². The molecule has 98 valence electrons. The number of nitrogens with zero attached hydrogens (tertiary/aromatic N) is 1. The molecule has 0 aliphatic carbocycles. The molecule has 0 rings (SSSR count). The van der Waals surface area contributed by atoms with Gasteiger partial charge in [0, 0.05) is 26.2 Å². The van der Waals surface area contributed by atoms with Gasteiger partial charge < -0.3 is 10.1 Å². The first kappa shape index (κ1) is 15.9. The maximum absolute atomic E-state index is 5.64. The van der Waals surface area contributed by atoms with Crippen LogP contribution in [0.4, 0.5) is 0 Å². The van der Waals surface area contributed by atoms with Crippen LogP contribution in [0.1, 0.15) is 33.6 Å². The molecule has 0 aromatic carbocycles. The predicted molar refractivity (Wildman–Crippen MR) is 70.9 cm³/mol. The first-order valence-electron chi connectivity index (χ1n) is 6.65. The quantitative estimate of drug-likeness (QED) is 0.549. The highest BCUT2D eigenvalue weighted by atomic mass is 16.5. The van der Waals surface area contributed by atoms with Gasteiger partial charge in [0.2, 0.25) is 0 Å². The summed E-state index contributed by atoms with van der Waals surface area (Å²) in [4.78, 5) is 2.46. The molecule has 3 heteroatoms. The molecular formula is C13H30N2O. The monoisotopic (exact) mass is 230 g/mol. The van der Waals surface area contributed by atoms with Crippen LogP contribution in [0.25, 0.3) is 0 Å². The molecular weight excluding hydrogens is 200 g/mol. The van der Waals surface area contributed by atoms with E-state index in [9.17, 15) is 0 Å². The molecule has 0 unspecified atom stereocenters. The van der Waals surface area contributed by atoms with E-state index in [1.54, 1.807) is 0 Å². The van der Waals surface area contributed by atoms with Crippen LogP contribution in [0.3, 0.4) is 0 Å². The molecule has 0 atom stereocenters. The van der Waals surface area contributed by atoms with Crippen LogP contribution in [0.5, 0.6) is 0 Å². The van der Waals surface area contributed by atoms with E-state index in [1.165, 1.54) is 19.4 Å². The summed E-state index contributed by atoms with van der Waals surface area (Å²) >= 11 is 0. The van der Waals surface area contributed by atoms with Gasteiger partial charge >= 0.3 is 0 Å². The zero-order chi connectivity index (χ0) is 12.2. The molecule has 0 radical (unpaired) electrons. The van der Waals surface area contributed by atoms with Gasteiger partial charge in [-0.15, -0.1) is 0 Å². The third-order valence-corrected chi connectivity index (χ3v) is 2.61. The van der Waals surface area contributed by atoms with Crippen molar-refractivity contribution in [1.82, 2.24) is 10.2 Å². The third-order valence-electron chi connectivity index (χ3n) is 2.61. The van der Waals surface area contributed by atoms with Crippen LogP contribution in [0.2, 0.25) is 0 Å². The molecule has 1 N–H and O–H groups in total. The lowest BCUT2D eigenvalue weighted by Crippen LogP contribution is -2.34. The molecule has 0 saturated heterocycles. The van der Waals surface area contributed by atoms with Gasteiger partial charge in [-0.05, 0) is 32.4 Å². The van der Waals surface area contributed by atoms with Crippen LogP contribution >= 0.6 is 0 Å². The van der Waals surface area contributed by atoms with Crippen molar-refractivity contribution in [2.45, 2.75) is 33.6 Å². The Kier molecular flexibility index (Phi) is 11.3. The second kappa shape index (κ2) is 11.4. The summed E-state index contributed by atoms with van der Waals surface area (Å²) in [5.74, 6) is 0.746. The molecule has 0 aliphatic heterocycles. The first-order valence-corrected chi connectivity index (χ1v) is 6.65. The minimum atomic E-state index is 0.746. The van der Waals surface area contributed by atoms with E-state index >= 15 is 0 Å². The lowest BCUT2D eigenvalue weighted by Gasteiger charge is -2.21. The van der Waals surface area contributed by atoms with Gasteiger partial charge in [-0.2, -0.15) is 0 Å². The smallest absolute Gasteiger partial charge is 0.0593 e. The van der Waals surface area contributed by atoms with Crippen LogP contribution in [-0.4, -0.2) is 51.3 Å². The van der Waals surface area contributed by atoms with Crippen molar-refractivity contribution in [3.8, 4) is 0 Å². The Morgan fingerprint density at radius 2 is 1.88 bits per heavy atom. The standard InChI is InChI=1S/C13H30N2O/c1-5-8-15(9-7-14-4)10-12-16-11-6-13(2)3/h13-14H,5-12H2,1-4H3. The molecule has 0 heterocycles. The van der Waals surface area contributed by atoms with Crippen molar-refractivity contribution in [3.63, 3.8) is 0 Å². The highest BCUT2D eigenvalue weighted by Crippen LogP contribution is 1.99. The zero-order valence-corrected chi connectivity index (χ0v) is 11.6. The average Bonchev–Trinajstić information content (AvgIpc) is 2.24. The minimum Gasteiger partial charge on any atom is -0.380 e. The second-order valence-corrected chi connectivity index (χ2v) is 4.74. The Hall–Kier alpha value is -0.120. The molecule has 0 spiro atoms. The molecule has 0 amide bonds. The number of rotatable bonds is 11. The lowest BCUT2D eigenvalue weighted by atomic mass is 10.1. The SMILES string of the molecule is CCCN(CCNC)CCOCCC(C)C. The van der Waals surface area contributed by atoms with Gasteiger partial charge in [-0.25, -0.2) is 0 Å². The summed E-state index contributed by atoms with van der Waals surface area (Å²) < 4.78 is 5.64. The molecule has 3 nitrogen and oxygen atoms in total. The molecule has 0 fully saturated rings. The van der Waals surface area contributed by atoms with Gasteiger partial charge in [0.15, 0.2) is 0 Å². The van der Waals surface area contributed by atoms with Gasteiger partial charge in [0.05, 0.1) is 6.61 Å². The van der Waals surface area contributed by atoms with E-state index in [4.69, 9.17) is 4.74 Å². The fourth-order valence-electron chi connectivity index (χ4n) is 1.54. The summed E-state index contributed by atoms with van der Waals surface area (Å²) in [5, 5.41) is 3.19. The largest absolute Gasteiger partial charge is 0.380 e. The predicted octanol–water partition coefficient (Wildman–Crippen LogP) is 1.98. The van der Waals surface area contributed by atoms with Crippen molar-refractivity contribution in [2.75, 3.05) is 46.4 Å². The molecule has 0 aromatic rings. The third kappa shape index (κ3) is 10.4. The summed E-state index contributed by atoms with van der Waals surface area (Å²) in [6, 6.07) is 0. The van der Waals surface area contributed by atoms with E-state index in [-0.39, 0.29) is 0 Å². The van der Waals surface area contributed by atoms with E-state index in [2.05, 4.69) is 31.0 Å². The van der Waals surface area contributed by atoms with Crippen LogP contribution in [-0.2, 0) is 4.74 Å². The summed E-state index contributed by atoms with van der Waals surface area (Å²) in [7, 11) is 2.00. The average molecular weight is 230 g/mol. The van der Waals surface area contributed by atoms with Crippen molar-refractivity contribution < 1.29 is 4.74 Å². The summed E-state index contributed by atoms with van der Waals surface area (Å²) in [5.41, 5.74) is 0. The van der Waals surface area contributed by atoms with Gasteiger partial charge in [-0.1, -0.05) is 20.8 Å². The molecule has 0 bridgehead atoms. The van der Waals surface area contributed by atoms with Gasteiger partial charge in [0.1, 0.15) is 0 Å². The van der Waals surface area contributed by atoms with E-state index in [0.29, 0.717) is 0 Å². The number of ether oxygens (including phenoxy) is 1. The highest BCUT2D eigenvalue weighted by Gasteiger charge is 2.02. The zero-order valence-electron chi connectivity index (χ0n) is 11.6. The summed E-state index contributed by atoms with van der Waals surface area (Å²) in [6.07, 6.45) is 2.39. The van der Waals surface area contributed by atoms with Crippen LogP contribution < -0.4 is 5.32 Å². The maximum Gasteiger partial charge on any atom is 0.0593 e. The Labute approximate surface area is 102 Å². The lowest BCUT2D eigenvalue weighted by molar-refractivity contribution is 0.0963. The Bertz CT molecular complexity index is 140. The molecule has 0 saturated carbocycles. The number of hydrogen-bond donors (Lipinski definition) is 1. The van der Waals surface area contributed by atoms with Gasteiger partial charge in [-0.3, -0.25) is 4.90 Å². The van der Waals surface area contributed by atoms with Crippen molar-refractivity contribution in [2.24, 2.45) is 5.92 Å².